The molecule has 2 atom stereocenters. The van der Waals surface area contributed by atoms with Crippen molar-refractivity contribution >= 4 is 11.6 Å². The summed E-state index contributed by atoms with van der Waals surface area (Å²) in [7, 11) is 0. The molecule has 0 aliphatic carbocycles. The van der Waals surface area contributed by atoms with E-state index in [0.29, 0.717) is 5.75 Å². The van der Waals surface area contributed by atoms with Gasteiger partial charge in [0.25, 0.3) is 0 Å². The van der Waals surface area contributed by atoms with Crippen LogP contribution in [0.5, 0.6) is 5.75 Å². The third kappa shape index (κ3) is 3.33. The first-order valence-electron chi connectivity index (χ1n) is 6.91. The van der Waals surface area contributed by atoms with E-state index in [1.807, 2.05) is 42.5 Å². The van der Waals surface area contributed by atoms with E-state index in [1.165, 1.54) is 0 Å². The first kappa shape index (κ1) is 14.9. The average Bonchev–Trinajstić information content (AvgIpc) is 2.46. The maximum atomic E-state index is 9.98. The van der Waals surface area contributed by atoms with Gasteiger partial charge in [-0.15, -0.1) is 0 Å². The molecule has 0 spiro atoms. The number of phenols is 1. The number of benzene rings is 2. The fourth-order valence-electron chi connectivity index (χ4n) is 2.43. The number of nitrogens with one attached hydrogen (secondary N) is 1. The van der Waals surface area contributed by atoms with Gasteiger partial charge < -0.3 is 10.4 Å². The van der Waals surface area contributed by atoms with Crippen LogP contribution >= 0.6 is 11.6 Å². The van der Waals surface area contributed by atoms with Crippen molar-refractivity contribution in [2.75, 3.05) is 0 Å². The molecule has 0 aliphatic heterocycles. The fourth-order valence-corrected chi connectivity index (χ4v) is 2.73. The molecular weight excluding hydrogens is 270 g/mol. The molecule has 106 valence electrons. The van der Waals surface area contributed by atoms with Gasteiger partial charge in [0.15, 0.2) is 0 Å². The van der Waals surface area contributed by atoms with E-state index in [2.05, 4.69) is 19.2 Å². The summed E-state index contributed by atoms with van der Waals surface area (Å²) in [6.07, 6.45) is 0.895. The molecule has 0 aromatic heterocycles. The topological polar surface area (TPSA) is 32.3 Å². The molecule has 3 heteroatoms. The minimum Gasteiger partial charge on any atom is -0.508 e. The summed E-state index contributed by atoms with van der Waals surface area (Å²) in [5, 5.41) is 14.3. The predicted octanol–water partition coefficient (Wildman–Crippen LogP) is 4.85. The van der Waals surface area contributed by atoms with Crippen LogP contribution in [0.25, 0.3) is 0 Å². The second-order valence-corrected chi connectivity index (χ2v) is 5.34. The van der Waals surface area contributed by atoms with Crippen molar-refractivity contribution in [1.82, 2.24) is 5.32 Å². The highest BCUT2D eigenvalue weighted by molar-refractivity contribution is 6.31. The Bertz CT molecular complexity index is 570. The number of rotatable bonds is 5. The molecular formula is C17H20ClNO. The molecule has 20 heavy (non-hydrogen) atoms. The molecule has 2 aromatic rings. The Morgan fingerprint density at radius 1 is 1.05 bits per heavy atom. The van der Waals surface area contributed by atoms with Crippen LogP contribution in [0, 0.1) is 0 Å². The molecule has 0 bridgehead atoms. The lowest BCUT2D eigenvalue weighted by atomic mass is 10.0. The fraction of sp³-hybridized carbons (Fsp3) is 0.294. The third-order valence-electron chi connectivity index (χ3n) is 3.54. The summed E-state index contributed by atoms with van der Waals surface area (Å²) in [5.74, 6) is 0.332. The Labute approximate surface area is 125 Å². The monoisotopic (exact) mass is 289 g/mol. The lowest BCUT2D eigenvalue weighted by molar-refractivity contribution is 0.419. The minimum absolute atomic E-state index is 0.0995. The highest BCUT2D eigenvalue weighted by Crippen LogP contribution is 2.30. The summed E-state index contributed by atoms with van der Waals surface area (Å²) >= 11 is 6.23. The molecule has 0 heterocycles. The number of para-hydroxylation sites is 1. The van der Waals surface area contributed by atoms with Crippen molar-refractivity contribution in [2.45, 2.75) is 32.4 Å². The number of hydrogen-bond donors (Lipinski definition) is 2. The van der Waals surface area contributed by atoms with Crippen molar-refractivity contribution in [3.8, 4) is 5.75 Å². The molecule has 0 radical (unpaired) electrons. The average molecular weight is 290 g/mol. The van der Waals surface area contributed by atoms with E-state index in [0.717, 1.165) is 22.6 Å². The summed E-state index contributed by atoms with van der Waals surface area (Å²) < 4.78 is 0. The quantitative estimate of drug-likeness (QED) is 0.825. The van der Waals surface area contributed by atoms with E-state index in [4.69, 9.17) is 11.6 Å². The maximum absolute atomic E-state index is 9.98. The van der Waals surface area contributed by atoms with Crippen molar-refractivity contribution in [3.05, 3.63) is 64.7 Å². The van der Waals surface area contributed by atoms with Crippen molar-refractivity contribution < 1.29 is 5.11 Å². The van der Waals surface area contributed by atoms with Crippen LogP contribution in [-0.2, 0) is 0 Å². The summed E-state index contributed by atoms with van der Waals surface area (Å²) in [6.45, 7) is 4.19. The molecule has 2 rings (SSSR count). The van der Waals surface area contributed by atoms with E-state index >= 15 is 0 Å². The van der Waals surface area contributed by atoms with E-state index in [-0.39, 0.29) is 12.1 Å². The van der Waals surface area contributed by atoms with Gasteiger partial charge in [0, 0.05) is 22.7 Å². The zero-order chi connectivity index (χ0) is 14.5. The van der Waals surface area contributed by atoms with Gasteiger partial charge in [-0.1, -0.05) is 54.9 Å². The number of aromatic hydroxyl groups is 1. The van der Waals surface area contributed by atoms with Crippen LogP contribution in [-0.4, -0.2) is 5.11 Å². The van der Waals surface area contributed by atoms with Gasteiger partial charge in [-0.25, -0.2) is 0 Å². The molecule has 0 saturated heterocycles. The van der Waals surface area contributed by atoms with E-state index < -0.39 is 0 Å². The molecule has 2 nitrogen and oxygen atoms in total. The van der Waals surface area contributed by atoms with E-state index in [1.54, 1.807) is 6.07 Å². The number of halogens is 1. The molecule has 1 unspecified atom stereocenters. The first-order chi connectivity index (χ1) is 9.63. The Balaban J connectivity index is 2.19. The first-order valence-corrected chi connectivity index (χ1v) is 7.29. The third-order valence-corrected chi connectivity index (χ3v) is 3.89. The SMILES string of the molecule is CCC(N[C@@H](C)c1ccccc1Cl)c1ccccc1O. The van der Waals surface area contributed by atoms with Crippen LogP contribution in [0.2, 0.25) is 5.02 Å². The molecule has 0 aliphatic rings. The molecule has 0 saturated carbocycles. The molecule has 0 fully saturated rings. The second kappa shape index (κ2) is 6.78. The highest BCUT2D eigenvalue weighted by Gasteiger charge is 2.17. The zero-order valence-corrected chi connectivity index (χ0v) is 12.6. The van der Waals surface area contributed by atoms with Gasteiger partial charge in [0.05, 0.1) is 0 Å². The van der Waals surface area contributed by atoms with Crippen molar-refractivity contribution in [1.29, 1.82) is 0 Å². The Hall–Kier alpha value is -1.51. The summed E-state index contributed by atoms with van der Waals surface area (Å²) in [6, 6.07) is 15.5. The smallest absolute Gasteiger partial charge is 0.120 e. The summed E-state index contributed by atoms with van der Waals surface area (Å²) in [4.78, 5) is 0. The van der Waals surface area contributed by atoms with Gasteiger partial charge in [-0.05, 0) is 31.0 Å². The van der Waals surface area contributed by atoms with Crippen molar-refractivity contribution in [3.63, 3.8) is 0 Å². The van der Waals surface area contributed by atoms with Crippen LogP contribution in [0.4, 0.5) is 0 Å². The van der Waals surface area contributed by atoms with E-state index in [9.17, 15) is 5.11 Å². The minimum atomic E-state index is 0.0995. The van der Waals surface area contributed by atoms with Gasteiger partial charge in [-0.3, -0.25) is 0 Å². The van der Waals surface area contributed by atoms with Gasteiger partial charge >= 0.3 is 0 Å². The summed E-state index contributed by atoms with van der Waals surface area (Å²) in [5.41, 5.74) is 2.00. The standard InChI is InChI=1S/C17H20ClNO/c1-3-16(14-9-5-7-11-17(14)20)19-12(2)13-8-4-6-10-15(13)18/h4-12,16,19-20H,3H2,1-2H3/t12-,16?/m0/s1. The normalized spacial score (nSPS) is 13.9. The number of phenolic OH excluding ortho intramolecular Hbond substituents is 1. The van der Waals surface area contributed by atoms with Crippen LogP contribution < -0.4 is 5.32 Å². The number of hydrogen-bond acceptors (Lipinski definition) is 2. The Morgan fingerprint density at radius 3 is 2.25 bits per heavy atom. The molecule has 0 amide bonds. The lowest BCUT2D eigenvalue weighted by Crippen LogP contribution is -2.24. The molecule has 2 aromatic carbocycles. The van der Waals surface area contributed by atoms with Gasteiger partial charge in [0.1, 0.15) is 5.75 Å². The largest absolute Gasteiger partial charge is 0.508 e. The van der Waals surface area contributed by atoms with Gasteiger partial charge in [0.2, 0.25) is 0 Å². The Kier molecular flexibility index (Phi) is 5.05. The Morgan fingerprint density at radius 2 is 1.65 bits per heavy atom. The predicted molar refractivity (Wildman–Crippen MR) is 84.1 cm³/mol. The van der Waals surface area contributed by atoms with Crippen molar-refractivity contribution in [2.24, 2.45) is 0 Å². The van der Waals surface area contributed by atoms with Crippen LogP contribution in [0.3, 0.4) is 0 Å². The van der Waals surface area contributed by atoms with Crippen LogP contribution in [0.1, 0.15) is 43.5 Å². The maximum Gasteiger partial charge on any atom is 0.120 e. The zero-order valence-electron chi connectivity index (χ0n) is 11.8. The second-order valence-electron chi connectivity index (χ2n) is 4.93. The highest BCUT2D eigenvalue weighted by atomic mass is 35.5. The van der Waals surface area contributed by atoms with Gasteiger partial charge in [-0.2, -0.15) is 0 Å². The van der Waals surface area contributed by atoms with Crippen LogP contribution in [0.15, 0.2) is 48.5 Å². The molecule has 2 N–H and O–H groups in total. The lowest BCUT2D eigenvalue weighted by Gasteiger charge is -2.24.